The highest BCUT2D eigenvalue weighted by atomic mass is 32.2. The Balaban J connectivity index is 2.93. The van der Waals surface area contributed by atoms with Crippen LogP contribution in [-0.4, -0.2) is 36.0 Å². The second kappa shape index (κ2) is 7.08. The molecule has 116 valence electrons. The number of aromatic nitrogens is 2. The van der Waals surface area contributed by atoms with Crippen LogP contribution in [0.2, 0.25) is 0 Å². The van der Waals surface area contributed by atoms with E-state index in [4.69, 9.17) is 5.73 Å². The first-order chi connectivity index (χ1) is 9.25. The summed E-state index contributed by atoms with van der Waals surface area (Å²) in [6.45, 7) is 9.35. The molecule has 0 saturated carbocycles. The van der Waals surface area contributed by atoms with Gasteiger partial charge in [-0.2, -0.15) is 9.40 Å². The first-order valence-corrected chi connectivity index (χ1v) is 8.48. The molecular weight excluding hydrogens is 276 g/mol. The zero-order valence-corrected chi connectivity index (χ0v) is 13.6. The highest BCUT2D eigenvalue weighted by Gasteiger charge is 2.27. The molecule has 0 atom stereocenters. The highest BCUT2D eigenvalue weighted by Crippen LogP contribution is 2.21. The predicted octanol–water partition coefficient (Wildman–Crippen LogP) is 2.07. The maximum absolute atomic E-state index is 12.6. The van der Waals surface area contributed by atoms with Crippen LogP contribution in [0, 0.1) is 11.8 Å². The van der Waals surface area contributed by atoms with Crippen molar-refractivity contribution in [3.05, 3.63) is 6.20 Å². The Kier molecular flexibility index (Phi) is 6.01. The minimum atomic E-state index is -3.57. The first kappa shape index (κ1) is 17.0. The van der Waals surface area contributed by atoms with Gasteiger partial charge in [-0.25, -0.2) is 8.42 Å². The summed E-state index contributed by atoms with van der Waals surface area (Å²) < 4.78 is 26.8. The summed E-state index contributed by atoms with van der Waals surface area (Å²) in [5.41, 5.74) is 5.65. The van der Waals surface area contributed by atoms with Crippen LogP contribution in [0.4, 0.5) is 5.82 Å². The Morgan fingerprint density at radius 3 is 2.05 bits per heavy atom. The van der Waals surface area contributed by atoms with E-state index < -0.39 is 10.0 Å². The molecule has 0 radical (unpaired) electrons. The number of nitrogens with two attached hydrogens (primary N) is 1. The number of nitrogen functional groups attached to an aromatic ring is 1. The molecule has 0 aliphatic carbocycles. The average molecular weight is 302 g/mol. The lowest BCUT2D eigenvalue weighted by Gasteiger charge is -2.23. The Labute approximate surface area is 121 Å². The van der Waals surface area contributed by atoms with Gasteiger partial charge in [0.1, 0.15) is 10.7 Å². The molecule has 0 unspecified atom stereocenters. The van der Waals surface area contributed by atoms with E-state index in [0.717, 1.165) is 12.8 Å². The smallest absolute Gasteiger partial charge is 0.248 e. The molecule has 1 aromatic heterocycles. The molecule has 6 nitrogen and oxygen atoms in total. The largest absolute Gasteiger partial charge is 0.383 e. The molecule has 0 aromatic carbocycles. The van der Waals surface area contributed by atoms with Gasteiger partial charge in [-0.15, -0.1) is 0 Å². The Hall–Kier alpha value is -1.08. The molecule has 0 aliphatic rings. The maximum atomic E-state index is 12.6. The van der Waals surface area contributed by atoms with Gasteiger partial charge in [0.05, 0.1) is 6.20 Å². The van der Waals surface area contributed by atoms with Gasteiger partial charge in [-0.05, 0) is 24.7 Å². The van der Waals surface area contributed by atoms with Crippen molar-refractivity contribution < 1.29 is 8.42 Å². The van der Waals surface area contributed by atoms with Crippen LogP contribution in [0.3, 0.4) is 0 Å². The summed E-state index contributed by atoms with van der Waals surface area (Å²) in [7, 11) is -3.57. The highest BCUT2D eigenvalue weighted by molar-refractivity contribution is 7.89. The average Bonchev–Trinajstić information content (AvgIpc) is 2.74. The van der Waals surface area contributed by atoms with E-state index in [1.165, 1.54) is 10.5 Å². The van der Waals surface area contributed by atoms with Crippen LogP contribution < -0.4 is 5.73 Å². The van der Waals surface area contributed by atoms with Gasteiger partial charge < -0.3 is 5.73 Å². The molecule has 1 aromatic rings. The number of nitrogens with zero attached hydrogens (tertiary/aromatic N) is 2. The third-order valence-electron chi connectivity index (χ3n) is 3.16. The van der Waals surface area contributed by atoms with E-state index in [0.29, 0.717) is 24.9 Å². The topological polar surface area (TPSA) is 92.1 Å². The third-order valence-corrected chi connectivity index (χ3v) is 5.09. The zero-order chi connectivity index (χ0) is 15.3. The predicted molar refractivity (Wildman–Crippen MR) is 80.7 cm³/mol. The molecule has 0 amide bonds. The fourth-order valence-corrected chi connectivity index (χ4v) is 3.27. The number of nitrogens with one attached hydrogen (secondary N) is 1. The molecule has 20 heavy (non-hydrogen) atoms. The summed E-state index contributed by atoms with van der Waals surface area (Å²) >= 11 is 0. The molecule has 0 aliphatic heterocycles. The standard InChI is InChI=1S/C13H26N4O2S/c1-10(2)5-7-17(8-6-11(3)4)20(18,19)12-9-15-16-13(12)14/h9-11H,5-8H2,1-4H3,(H3,14,15,16). The molecule has 0 bridgehead atoms. The fraction of sp³-hybridized carbons (Fsp3) is 0.769. The van der Waals surface area contributed by atoms with Crippen molar-refractivity contribution in [2.45, 2.75) is 45.4 Å². The van der Waals surface area contributed by atoms with Crippen molar-refractivity contribution in [1.29, 1.82) is 0 Å². The Bertz CT molecular complexity index is 496. The van der Waals surface area contributed by atoms with E-state index in [1.54, 1.807) is 0 Å². The monoisotopic (exact) mass is 302 g/mol. The van der Waals surface area contributed by atoms with Crippen molar-refractivity contribution >= 4 is 15.8 Å². The number of H-pyrrole nitrogens is 1. The Morgan fingerprint density at radius 2 is 1.70 bits per heavy atom. The number of hydrogen-bond acceptors (Lipinski definition) is 4. The van der Waals surface area contributed by atoms with Gasteiger partial charge in [-0.3, -0.25) is 5.10 Å². The van der Waals surface area contributed by atoms with Crippen molar-refractivity contribution in [3.63, 3.8) is 0 Å². The second-order valence-electron chi connectivity index (χ2n) is 5.92. The van der Waals surface area contributed by atoms with Gasteiger partial charge in [0, 0.05) is 13.1 Å². The minimum Gasteiger partial charge on any atom is -0.383 e. The van der Waals surface area contributed by atoms with Gasteiger partial charge in [0.2, 0.25) is 10.0 Å². The van der Waals surface area contributed by atoms with Crippen LogP contribution in [0.1, 0.15) is 40.5 Å². The van der Waals surface area contributed by atoms with E-state index in [-0.39, 0.29) is 10.7 Å². The summed E-state index contributed by atoms with van der Waals surface area (Å²) in [6.07, 6.45) is 2.94. The normalized spacial score (nSPS) is 12.8. The van der Waals surface area contributed by atoms with Gasteiger partial charge in [0.25, 0.3) is 0 Å². The lowest BCUT2D eigenvalue weighted by molar-refractivity contribution is 0.357. The molecule has 1 heterocycles. The van der Waals surface area contributed by atoms with Gasteiger partial charge in [-0.1, -0.05) is 27.7 Å². The lowest BCUT2D eigenvalue weighted by Crippen LogP contribution is -2.34. The summed E-state index contributed by atoms with van der Waals surface area (Å²) in [4.78, 5) is 0.0741. The quantitative estimate of drug-likeness (QED) is 0.769. The molecule has 0 spiro atoms. The maximum Gasteiger partial charge on any atom is 0.248 e. The molecule has 0 fully saturated rings. The van der Waals surface area contributed by atoms with Crippen LogP contribution in [-0.2, 0) is 10.0 Å². The van der Waals surface area contributed by atoms with Crippen molar-refractivity contribution in [3.8, 4) is 0 Å². The zero-order valence-electron chi connectivity index (χ0n) is 12.8. The van der Waals surface area contributed by atoms with Crippen LogP contribution in [0.15, 0.2) is 11.1 Å². The fourth-order valence-electron chi connectivity index (χ4n) is 1.79. The van der Waals surface area contributed by atoms with Crippen LogP contribution in [0.25, 0.3) is 0 Å². The first-order valence-electron chi connectivity index (χ1n) is 7.04. The molecule has 3 N–H and O–H groups in total. The van der Waals surface area contributed by atoms with E-state index >= 15 is 0 Å². The van der Waals surface area contributed by atoms with Crippen molar-refractivity contribution in [1.82, 2.24) is 14.5 Å². The van der Waals surface area contributed by atoms with Gasteiger partial charge >= 0.3 is 0 Å². The number of aromatic amines is 1. The van der Waals surface area contributed by atoms with Crippen LogP contribution in [0.5, 0.6) is 0 Å². The lowest BCUT2D eigenvalue weighted by atomic mass is 10.1. The van der Waals surface area contributed by atoms with Crippen molar-refractivity contribution in [2.24, 2.45) is 11.8 Å². The molecular formula is C13H26N4O2S. The van der Waals surface area contributed by atoms with Crippen molar-refractivity contribution in [2.75, 3.05) is 18.8 Å². The Morgan fingerprint density at radius 1 is 1.20 bits per heavy atom. The number of anilines is 1. The number of hydrogen-bond donors (Lipinski definition) is 2. The van der Waals surface area contributed by atoms with E-state index in [2.05, 4.69) is 37.9 Å². The van der Waals surface area contributed by atoms with Crippen LogP contribution >= 0.6 is 0 Å². The number of sulfonamides is 1. The van der Waals surface area contributed by atoms with E-state index in [9.17, 15) is 8.42 Å². The second-order valence-corrected chi connectivity index (χ2v) is 7.82. The summed E-state index contributed by atoms with van der Waals surface area (Å²) in [5, 5.41) is 6.19. The molecule has 0 saturated heterocycles. The SMILES string of the molecule is CC(C)CCN(CCC(C)C)S(=O)(=O)c1cn[nH]c1N. The third kappa shape index (κ3) is 4.49. The molecule has 7 heteroatoms. The van der Waals surface area contributed by atoms with Gasteiger partial charge in [0.15, 0.2) is 0 Å². The molecule has 1 rings (SSSR count). The van der Waals surface area contributed by atoms with E-state index in [1.807, 2.05) is 0 Å². The summed E-state index contributed by atoms with van der Waals surface area (Å²) in [5.74, 6) is 1.01. The minimum absolute atomic E-state index is 0.0741. The summed E-state index contributed by atoms with van der Waals surface area (Å²) in [6, 6.07) is 0. The number of rotatable bonds is 8.